The molecule has 0 unspecified atom stereocenters. The SMILES string of the molecule is CC(C)NCCOCCOCCOCCOCC(=O)NC(C)C.[HH].[HH]. The van der Waals surface area contributed by atoms with Gasteiger partial charge < -0.3 is 29.6 Å². The van der Waals surface area contributed by atoms with Gasteiger partial charge in [-0.3, -0.25) is 4.79 Å². The van der Waals surface area contributed by atoms with Crippen LogP contribution in [0.25, 0.3) is 0 Å². The number of hydrogen-bond donors (Lipinski definition) is 2. The average molecular weight is 338 g/mol. The summed E-state index contributed by atoms with van der Waals surface area (Å²) in [6.45, 7) is 12.7. The van der Waals surface area contributed by atoms with Crippen molar-refractivity contribution >= 4 is 5.91 Å². The standard InChI is InChI=1S/C16H34N2O5.2H2/c1-14(2)17-5-6-20-7-8-21-9-10-22-11-12-23-13-16(19)18-15(3)4;;/h14-15,17H,5-13H2,1-4H3,(H,18,19);2*1H. The normalized spacial score (nSPS) is 11.4. The van der Waals surface area contributed by atoms with E-state index in [1.807, 2.05) is 13.8 Å². The molecule has 0 aliphatic heterocycles. The van der Waals surface area contributed by atoms with Gasteiger partial charge in [-0.25, -0.2) is 0 Å². The lowest BCUT2D eigenvalue weighted by Crippen LogP contribution is -2.33. The molecule has 0 radical (unpaired) electrons. The molecule has 7 heteroatoms. The largest absolute Gasteiger partial charge is 0.378 e. The van der Waals surface area contributed by atoms with E-state index in [2.05, 4.69) is 24.5 Å². The van der Waals surface area contributed by atoms with Gasteiger partial charge in [-0.1, -0.05) is 13.8 Å². The van der Waals surface area contributed by atoms with E-state index >= 15 is 0 Å². The van der Waals surface area contributed by atoms with Crippen LogP contribution in [0.15, 0.2) is 0 Å². The predicted molar refractivity (Wildman–Crippen MR) is 93.9 cm³/mol. The fourth-order valence-corrected chi connectivity index (χ4v) is 1.61. The van der Waals surface area contributed by atoms with Gasteiger partial charge in [0, 0.05) is 21.5 Å². The third kappa shape index (κ3) is 19.2. The Morgan fingerprint density at radius 2 is 1.26 bits per heavy atom. The summed E-state index contributed by atoms with van der Waals surface area (Å²) in [6, 6.07) is 0.621. The first-order valence-corrected chi connectivity index (χ1v) is 8.36. The van der Waals surface area contributed by atoms with Crippen LogP contribution in [0.5, 0.6) is 0 Å². The molecule has 0 rings (SSSR count). The van der Waals surface area contributed by atoms with Crippen molar-refractivity contribution in [2.45, 2.75) is 39.8 Å². The third-order valence-corrected chi connectivity index (χ3v) is 2.60. The molecule has 0 atom stereocenters. The van der Waals surface area contributed by atoms with E-state index < -0.39 is 0 Å². The van der Waals surface area contributed by atoms with Crippen LogP contribution in [0.3, 0.4) is 0 Å². The molecule has 7 nitrogen and oxygen atoms in total. The highest BCUT2D eigenvalue weighted by atomic mass is 16.6. The quantitative estimate of drug-likeness (QED) is 0.410. The van der Waals surface area contributed by atoms with Crippen molar-refractivity contribution in [3.05, 3.63) is 0 Å². The monoisotopic (exact) mass is 338 g/mol. The number of rotatable bonds is 16. The van der Waals surface area contributed by atoms with Gasteiger partial charge in [0.2, 0.25) is 5.91 Å². The Morgan fingerprint density at radius 1 is 0.783 bits per heavy atom. The molecule has 1 amide bonds. The number of ether oxygens (including phenoxy) is 4. The number of hydrogen-bond acceptors (Lipinski definition) is 6. The molecule has 0 aromatic carbocycles. The van der Waals surface area contributed by atoms with Crippen LogP contribution < -0.4 is 10.6 Å². The lowest BCUT2D eigenvalue weighted by Gasteiger charge is -2.10. The van der Waals surface area contributed by atoms with E-state index in [1.54, 1.807) is 0 Å². The molecule has 0 heterocycles. The van der Waals surface area contributed by atoms with Gasteiger partial charge in [0.05, 0.1) is 46.2 Å². The third-order valence-electron chi connectivity index (χ3n) is 2.60. The Morgan fingerprint density at radius 3 is 1.74 bits per heavy atom. The topological polar surface area (TPSA) is 78.1 Å². The van der Waals surface area contributed by atoms with Gasteiger partial charge in [-0.2, -0.15) is 0 Å². The predicted octanol–water partition coefficient (Wildman–Crippen LogP) is 1.07. The summed E-state index contributed by atoms with van der Waals surface area (Å²) in [5, 5.41) is 6.03. The smallest absolute Gasteiger partial charge is 0.246 e. The molecule has 0 spiro atoms. The van der Waals surface area contributed by atoms with Crippen LogP contribution in [-0.4, -0.2) is 77.4 Å². The summed E-state index contributed by atoms with van der Waals surface area (Å²) in [5.74, 6) is -0.105. The highest BCUT2D eigenvalue weighted by Crippen LogP contribution is 1.84. The zero-order valence-electron chi connectivity index (χ0n) is 15.1. The highest BCUT2D eigenvalue weighted by molar-refractivity contribution is 5.77. The minimum Gasteiger partial charge on any atom is -0.378 e. The first-order valence-electron chi connectivity index (χ1n) is 8.36. The van der Waals surface area contributed by atoms with Crippen molar-refractivity contribution in [1.82, 2.24) is 10.6 Å². The minimum atomic E-state index is -0.105. The molecule has 0 aliphatic carbocycles. The Labute approximate surface area is 143 Å². The van der Waals surface area contributed by atoms with Crippen molar-refractivity contribution < 1.29 is 26.6 Å². The fourth-order valence-electron chi connectivity index (χ4n) is 1.61. The maximum absolute atomic E-state index is 11.3. The average Bonchev–Trinajstić information content (AvgIpc) is 2.46. The van der Waals surface area contributed by atoms with Crippen molar-refractivity contribution in [3.63, 3.8) is 0 Å². The molecule has 0 fully saturated rings. The molecular weight excluding hydrogens is 300 g/mol. The highest BCUT2D eigenvalue weighted by Gasteiger charge is 2.02. The van der Waals surface area contributed by atoms with E-state index in [-0.39, 0.29) is 21.4 Å². The van der Waals surface area contributed by atoms with Crippen LogP contribution in [0.4, 0.5) is 0 Å². The lowest BCUT2D eigenvalue weighted by atomic mass is 10.4. The van der Waals surface area contributed by atoms with Gasteiger partial charge in [-0.05, 0) is 13.8 Å². The van der Waals surface area contributed by atoms with Gasteiger partial charge in [0.15, 0.2) is 0 Å². The Kier molecular flexibility index (Phi) is 15.6. The van der Waals surface area contributed by atoms with E-state index in [4.69, 9.17) is 18.9 Å². The zero-order valence-corrected chi connectivity index (χ0v) is 15.1. The van der Waals surface area contributed by atoms with Crippen molar-refractivity contribution in [1.29, 1.82) is 0 Å². The molecule has 0 bridgehead atoms. The maximum atomic E-state index is 11.3. The van der Waals surface area contributed by atoms with Crippen LogP contribution in [0, 0.1) is 0 Å². The van der Waals surface area contributed by atoms with Crippen molar-refractivity contribution in [2.24, 2.45) is 0 Å². The summed E-state index contributed by atoms with van der Waals surface area (Å²) in [6.07, 6.45) is 0. The molecule has 23 heavy (non-hydrogen) atoms. The first kappa shape index (κ1) is 22.3. The molecule has 142 valence electrons. The van der Waals surface area contributed by atoms with Crippen LogP contribution >= 0.6 is 0 Å². The minimum absolute atomic E-state index is 0. The molecule has 2 N–H and O–H groups in total. The van der Waals surface area contributed by atoms with Gasteiger partial charge in [0.1, 0.15) is 6.61 Å². The second-order valence-electron chi connectivity index (χ2n) is 5.72. The maximum Gasteiger partial charge on any atom is 0.246 e. The second-order valence-corrected chi connectivity index (χ2v) is 5.72. The van der Waals surface area contributed by atoms with Gasteiger partial charge >= 0.3 is 0 Å². The lowest BCUT2D eigenvalue weighted by molar-refractivity contribution is -0.126. The number of carbonyl (C=O) groups excluding carboxylic acids is 1. The molecular formula is C16H38N2O5. The molecule has 0 saturated heterocycles. The van der Waals surface area contributed by atoms with Crippen molar-refractivity contribution in [2.75, 3.05) is 59.4 Å². The Hall–Kier alpha value is -0.730. The molecule has 0 aromatic rings. The number of amides is 1. The second kappa shape index (κ2) is 16.1. The van der Waals surface area contributed by atoms with Crippen molar-refractivity contribution in [3.8, 4) is 0 Å². The summed E-state index contributed by atoms with van der Waals surface area (Å²) in [5.41, 5.74) is 0. The molecule has 0 aliphatic rings. The number of nitrogens with one attached hydrogen (secondary N) is 2. The van der Waals surface area contributed by atoms with Gasteiger partial charge in [-0.15, -0.1) is 0 Å². The van der Waals surface area contributed by atoms with Crippen LogP contribution in [0.1, 0.15) is 30.5 Å². The number of carbonyl (C=O) groups is 1. The van der Waals surface area contributed by atoms with E-state index in [1.165, 1.54) is 0 Å². The Balaban J connectivity index is -0.00000242. The van der Waals surface area contributed by atoms with E-state index in [0.717, 1.165) is 6.54 Å². The zero-order chi connectivity index (χ0) is 17.3. The van der Waals surface area contributed by atoms with E-state index in [9.17, 15) is 4.79 Å². The summed E-state index contributed by atoms with van der Waals surface area (Å²) in [4.78, 5) is 11.3. The van der Waals surface area contributed by atoms with Crippen LogP contribution in [0.2, 0.25) is 0 Å². The Bertz CT molecular complexity index is 285. The molecule has 0 saturated carbocycles. The molecule has 0 aromatic heterocycles. The summed E-state index contributed by atoms with van der Waals surface area (Å²) in [7, 11) is 0. The summed E-state index contributed by atoms with van der Waals surface area (Å²) >= 11 is 0. The van der Waals surface area contributed by atoms with Crippen LogP contribution in [-0.2, 0) is 23.7 Å². The summed E-state index contributed by atoms with van der Waals surface area (Å²) < 4.78 is 21.3. The van der Waals surface area contributed by atoms with E-state index in [0.29, 0.717) is 52.3 Å². The first-order chi connectivity index (χ1) is 11.0. The van der Waals surface area contributed by atoms with Gasteiger partial charge in [0.25, 0.3) is 0 Å². The fraction of sp³-hybridized carbons (Fsp3) is 0.938.